The Balaban J connectivity index is 0. The standard InChI is InChI=1S/C11H20N2O4.C2H6/c1-9(11(16)12-8-15)6-13(2)5-4-10(7-14)17-3;1-2/h6,8,10,14H,4-5,7H2,1-3H3,(H,12,15,16);1-2H3/b9-6-;. The molecular weight excluding hydrogens is 248 g/mol. The van der Waals surface area contributed by atoms with E-state index in [9.17, 15) is 9.59 Å². The van der Waals surface area contributed by atoms with Crippen molar-refractivity contribution in [3.05, 3.63) is 11.8 Å². The van der Waals surface area contributed by atoms with Crippen LogP contribution in [0.4, 0.5) is 0 Å². The molecule has 6 nitrogen and oxygen atoms in total. The Morgan fingerprint density at radius 3 is 2.47 bits per heavy atom. The fraction of sp³-hybridized carbons (Fsp3) is 0.692. The number of aliphatic hydroxyl groups is 1. The fourth-order valence-corrected chi connectivity index (χ4v) is 1.25. The van der Waals surface area contributed by atoms with Crippen LogP contribution in [0.3, 0.4) is 0 Å². The van der Waals surface area contributed by atoms with Gasteiger partial charge in [0.15, 0.2) is 0 Å². The SMILES string of the molecule is CC.COC(CO)CCN(C)/C=C(/C)C(=O)NC=O. The Morgan fingerprint density at radius 2 is 2.05 bits per heavy atom. The number of hydrogen-bond acceptors (Lipinski definition) is 5. The summed E-state index contributed by atoms with van der Waals surface area (Å²) in [6, 6.07) is 0. The first kappa shape index (κ1) is 19.9. The number of methoxy groups -OCH3 is 1. The lowest BCUT2D eigenvalue weighted by molar-refractivity contribution is -0.122. The quantitative estimate of drug-likeness (QED) is 0.498. The molecule has 0 fully saturated rings. The zero-order chi connectivity index (χ0) is 15.3. The van der Waals surface area contributed by atoms with Gasteiger partial charge in [0.25, 0.3) is 5.91 Å². The number of aliphatic hydroxyl groups excluding tert-OH is 1. The van der Waals surface area contributed by atoms with Crippen molar-refractivity contribution in [2.75, 3.05) is 27.3 Å². The summed E-state index contributed by atoms with van der Waals surface area (Å²) >= 11 is 0. The summed E-state index contributed by atoms with van der Waals surface area (Å²) in [7, 11) is 3.35. The molecule has 0 aromatic heterocycles. The summed E-state index contributed by atoms with van der Waals surface area (Å²) in [4.78, 5) is 23.1. The lowest BCUT2D eigenvalue weighted by atomic mass is 10.2. The van der Waals surface area contributed by atoms with Crippen LogP contribution in [0.2, 0.25) is 0 Å². The third-order valence-electron chi connectivity index (χ3n) is 2.30. The number of hydrogen-bond donors (Lipinski definition) is 2. The first-order valence-corrected chi connectivity index (χ1v) is 6.32. The normalized spacial score (nSPS) is 12.0. The number of carbonyl (C=O) groups is 2. The number of rotatable bonds is 8. The van der Waals surface area contributed by atoms with E-state index in [1.54, 1.807) is 25.1 Å². The number of ether oxygens (including phenoxy) is 1. The minimum atomic E-state index is -0.419. The van der Waals surface area contributed by atoms with Gasteiger partial charge in [-0.05, 0) is 13.3 Å². The highest BCUT2D eigenvalue weighted by Gasteiger charge is 2.07. The van der Waals surface area contributed by atoms with Crippen LogP contribution in [0.5, 0.6) is 0 Å². The van der Waals surface area contributed by atoms with E-state index in [1.807, 2.05) is 20.9 Å². The lowest BCUT2D eigenvalue weighted by Crippen LogP contribution is -2.26. The highest BCUT2D eigenvalue weighted by atomic mass is 16.5. The zero-order valence-electron chi connectivity index (χ0n) is 12.5. The molecule has 0 saturated heterocycles. The van der Waals surface area contributed by atoms with Crippen molar-refractivity contribution in [2.45, 2.75) is 33.3 Å². The summed E-state index contributed by atoms with van der Waals surface area (Å²) in [6.45, 7) is 6.23. The van der Waals surface area contributed by atoms with E-state index < -0.39 is 5.91 Å². The molecule has 1 unspecified atom stereocenters. The van der Waals surface area contributed by atoms with Gasteiger partial charge in [0, 0.05) is 32.5 Å². The second-order valence-electron chi connectivity index (χ2n) is 3.71. The van der Waals surface area contributed by atoms with Crippen LogP contribution in [0.15, 0.2) is 11.8 Å². The van der Waals surface area contributed by atoms with Crippen molar-refractivity contribution in [1.29, 1.82) is 0 Å². The Hall–Kier alpha value is -1.40. The highest BCUT2D eigenvalue weighted by Crippen LogP contribution is 2.01. The average molecular weight is 274 g/mol. The fourth-order valence-electron chi connectivity index (χ4n) is 1.25. The van der Waals surface area contributed by atoms with Crippen molar-refractivity contribution in [2.24, 2.45) is 0 Å². The van der Waals surface area contributed by atoms with Crippen molar-refractivity contribution in [3.63, 3.8) is 0 Å². The number of nitrogens with zero attached hydrogens (tertiary/aromatic N) is 1. The smallest absolute Gasteiger partial charge is 0.254 e. The molecule has 0 aliphatic carbocycles. The maximum absolute atomic E-state index is 11.2. The monoisotopic (exact) mass is 274 g/mol. The summed E-state index contributed by atoms with van der Waals surface area (Å²) in [5, 5.41) is 11.0. The first-order valence-electron chi connectivity index (χ1n) is 6.32. The third-order valence-corrected chi connectivity index (χ3v) is 2.30. The molecule has 0 bridgehead atoms. The van der Waals surface area contributed by atoms with Gasteiger partial charge >= 0.3 is 0 Å². The Morgan fingerprint density at radius 1 is 1.47 bits per heavy atom. The van der Waals surface area contributed by atoms with Gasteiger partial charge in [-0.1, -0.05) is 13.8 Å². The van der Waals surface area contributed by atoms with Crippen LogP contribution in [-0.4, -0.2) is 55.7 Å². The van der Waals surface area contributed by atoms with E-state index >= 15 is 0 Å². The second kappa shape index (κ2) is 13.0. The van der Waals surface area contributed by atoms with Crippen LogP contribution in [0, 0.1) is 0 Å². The minimum absolute atomic E-state index is 0.0291. The molecule has 0 aromatic rings. The van der Waals surface area contributed by atoms with Crippen molar-refractivity contribution in [1.82, 2.24) is 10.2 Å². The molecule has 19 heavy (non-hydrogen) atoms. The lowest BCUT2D eigenvalue weighted by Gasteiger charge is -2.18. The number of nitrogens with one attached hydrogen (secondary N) is 1. The largest absolute Gasteiger partial charge is 0.394 e. The molecule has 112 valence electrons. The van der Waals surface area contributed by atoms with E-state index in [0.29, 0.717) is 24.9 Å². The van der Waals surface area contributed by atoms with E-state index in [0.717, 1.165) is 0 Å². The predicted molar refractivity (Wildman–Crippen MR) is 74.4 cm³/mol. The summed E-state index contributed by atoms with van der Waals surface area (Å²) in [5.41, 5.74) is 0.442. The summed E-state index contributed by atoms with van der Waals surface area (Å²) in [5.74, 6) is -0.419. The van der Waals surface area contributed by atoms with Gasteiger partial charge in [-0.15, -0.1) is 0 Å². The van der Waals surface area contributed by atoms with Gasteiger partial charge in [-0.25, -0.2) is 0 Å². The zero-order valence-corrected chi connectivity index (χ0v) is 12.5. The van der Waals surface area contributed by atoms with Crippen molar-refractivity contribution in [3.8, 4) is 0 Å². The third kappa shape index (κ3) is 10.2. The Kier molecular flexibility index (Phi) is 13.7. The maximum atomic E-state index is 11.2. The molecule has 0 rings (SSSR count). The van der Waals surface area contributed by atoms with E-state index in [-0.39, 0.29) is 12.7 Å². The molecule has 0 heterocycles. The predicted octanol–water partition coefficient (Wildman–Crippen LogP) is 0.518. The molecule has 1 atom stereocenters. The van der Waals surface area contributed by atoms with Crippen LogP contribution < -0.4 is 5.32 Å². The van der Waals surface area contributed by atoms with Crippen LogP contribution in [0.25, 0.3) is 0 Å². The molecule has 0 saturated carbocycles. The molecule has 2 amide bonds. The molecule has 0 aliphatic heterocycles. The number of carbonyl (C=O) groups excluding carboxylic acids is 2. The highest BCUT2D eigenvalue weighted by molar-refractivity contribution is 5.98. The van der Waals surface area contributed by atoms with Gasteiger partial charge in [0.1, 0.15) is 0 Å². The number of amides is 2. The average Bonchev–Trinajstić information content (AvgIpc) is 2.42. The molecule has 2 N–H and O–H groups in total. The van der Waals surface area contributed by atoms with Crippen LogP contribution in [0.1, 0.15) is 27.2 Å². The van der Waals surface area contributed by atoms with Crippen LogP contribution >= 0.6 is 0 Å². The first-order chi connectivity index (χ1) is 9.04. The van der Waals surface area contributed by atoms with Crippen molar-refractivity contribution < 1.29 is 19.4 Å². The van der Waals surface area contributed by atoms with E-state index in [1.165, 1.54) is 0 Å². The van der Waals surface area contributed by atoms with Gasteiger partial charge in [0.05, 0.1) is 12.7 Å². The molecule has 0 radical (unpaired) electrons. The molecule has 6 heteroatoms. The van der Waals surface area contributed by atoms with E-state index in [2.05, 4.69) is 5.32 Å². The Labute approximate surface area is 115 Å². The second-order valence-corrected chi connectivity index (χ2v) is 3.71. The number of imide groups is 1. The Bertz CT molecular complexity index is 276. The summed E-state index contributed by atoms with van der Waals surface area (Å²) in [6.07, 6.45) is 2.45. The van der Waals surface area contributed by atoms with E-state index in [4.69, 9.17) is 9.84 Å². The maximum Gasteiger partial charge on any atom is 0.254 e. The molecule has 0 aromatic carbocycles. The topological polar surface area (TPSA) is 78.9 Å². The van der Waals surface area contributed by atoms with Gasteiger partial charge < -0.3 is 14.7 Å². The minimum Gasteiger partial charge on any atom is -0.394 e. The van der Waals surface area contributed by atoms with Gasteiger partial charge in [-0.2, -0.15) is 0 Å². The molecule has 0 aliphatic rings. The molecular formula is C13H26N2O4. The van der Waals surface area contributed by atoms with Crippen molar-refractivity contribution >= 4 is 12.3 Å². The molecule has 0 spiro atoms. The van der Waals surface area contributed by atoms with Gasteiger partial charge in [0.2, 0.25) is 6.41 Å². The van der Waals surface area contributed by atoms with Gasteiger partial charge in [-0.3, -0.25) is 14.9 Å². The van der Waals surface area contributed by atoms with Crippen LogP contribution in [-0.2, 0) is 14.3 Å². The summed E-state index contributed by atoms with van der Waals surface area (Å²) < 4.78 is 5.02.